The molecule has 4 heteroatoms. The Bertz CT molecular complexity index is 649. The number of hydrogen-bond acceptors (Lipinski definition) is 3. The van der Waals surface area contributed by atoms with Gasteiger partial charge in [0.05, 0.1) is 12.6 Å². The van der Waals surface area contributed by atoms with Gasteiger partial charge in [-0.25, -0.2) is 4.39 Å². The molecule has 21 heavy (non-hydrogen) atoms. The fraction of sp³-hybridized carbons (Fsp3) is 0.412. The third kappa shape index (κ3) is 3.27. The summed E-state index contributed by atoms with van der Waals surface area (Å²) in [5.41, 5.74) is 0. The van der Waals surface area contributed by atoms with Gasteiger partial charge in [-0.1, -0.05) is 13.0 Å². The molecule has 0 saturated carbocycles. The van der Waals surface area contributed by atoms with Crippen LogP contribution in [0.2, 0.25) is 0 Å². The monoisotopic (exact) mass is 305 g/mol. The van der Waals surface area contributed by atoms with Gasteiger partial charge < -0.3 is 10.1 Å². The van der Waals surface area contributed by atoms with E-state index in [1.807, 2.05) is 6.07 Å². The first-order valence-electron chi connectivity index (χ1n) is 7.53. The number of hydrogen-bond donors (Lipinski definition) is 1. The molecule has 112 valence electrons. The largest absolute Gasteiger partial charge is 0.496 e. The predicted octanol–water partition coefficient (Wildman–Crippen LogP) is 4.78. The molecule has 2 heterocycles. The van der Waals surface area contributed by atoms with Crippen molar-refractivity contribution in [2.75, 3.05) is 13.2 Å². The van der Waals surface area contributed by atoms with Crippen LogP contribution in [0.4, 0.5) is 4.39 Å². The summed E-state index contributed by atoms with van der Waals surface area (Å²) in [7, 11) is 0. The Hall–Kier alpha value is -1.39. The highest BCUT2D eigenvalue weighted by molar-refractivity contribution is 7.19. The molecule has 0 bridgehead atoms. The molecule has 1 unspecified atom stereocenters. The van der Waals surface area contributed by atoms with Gasteiger partial charge in [-0.05, 0) is 55.5 Å². The molecule has 3 rings (SSSR count). The predicted molar refractivity (Wildman–Crippen MR) is 86.1 cm³/mol. The van der Waals surface area contributed by atoms with E-state index >= 15 is 0 Å². The third-order valence-corrected chi connectivity index (χ3v) is 4.79. The van der Waals surface area contributed by atoms with Crippen LogP contribution < -0.4 is 5.32 Å². The Morgan fingerprint density at radius 1 is 1.38 bits per heavy atom. The minimum absolute atomic E-state index is 0.0886. The van der Waals surface area contributed by atoms with Crippen molar-refractivity contribution in [2.45, 2.75) is 32.2 Å². The Morgan fingerprint density at radius 3 is 3.05 bits per heavy atom. The molecule has 2 aromatic rings. The van der Waals surface area contributed by atoms with Gasteiger partial charge in [-0.2, -0.15) is 0 Å². The van der Waals surface area contributed by atoms with Gasteiger partial charge in [0.2, 0.25) is 0 Å². The quantitative estimate of drug-likeness (QED) is 0.858. The van der Waals surface area contributed by atoms with Crippen LogP contribution in [-0.2, 0) is 4.74 Å². The summed E-state index contributed by atoms with van der Waals surface area (Å²) < 4.78 is 20.2. The summed E-state index contributed by atoms with van der Waals surface area (Å²) in [5, 5.41) is 4.65. The van der Waals surface area contributed by atoms with Gasteiger partial charge >= 0.3 is 0 Å². The van der Waals surface area contributed by atoms with Crippen LogP contribution in [0.1, 0.15) is 37.1 Å². The van der Waals surface area contributed by atoms with E-state index in [0.717, 1.165) is 48.3 Å². The number of fused-ring (bicyclic) bond motifs is 1. The third-order valence-electron chi connectivity index (χ3n) is 3.63. The van der Waals surface area contributed by atoms with Gasteiger partial charge in [-0.15, -0.1) is 11.3 Å². The summed E-state index contributed by atoms with van der Waals surface area (Å²) in [6, 6.07) is 7.20. The molecule has 1 aromatic heterocycles. The van der Waals surface area contributed by atoms with Gasteiger partial charge in [0.25, 0.3) is 0 Å². The van der Waals surface area contributed by atoms with Crippen molar-refractivity contribution in [3.8, 4) is 0 Å². The molecular formula is C17H20FNOS. The van der Waals surface area contributed by atoms with Crippen molar-refractivity contribution in [3.05, 3.63) is 46.8 Å². The molecular weight excluding hydrogens is 285 g/mol. The second-order valence-corrected chi connectivity index (χ2v) is 6.43. The number of nitrogens with one attached hydrogen (secondary N) is 1. The minimum atomic E-state index is -0.179. The van der Waals surface area contributed by atoms with Gasteiger partial charge in [-0.3, -0.25) is 0 Å². The second kappa shape index (κ2) is 6.58. The zero-order valence-electron chi connectivity index (χ0n) is 12.2. The van der Waals surface area contributed by atoms with Crippen LogP contribution in [0, 0.1) is 5.82 Å². The number of ether oxygens (including phenoxy) is 1. The van der Waals surface area contributed by atoms with E-state index in [-0.39, 0.29) is 11.9 Å². The molecule has 1 atom stereocenters. The van der Waals surface area contributed by atoms with E-state index in [1.165, 1.54) is 10.9 Å². The molecule has 0 fully saturated rings. The van der Waals surface area contributed by atoms with Crippen molar-refractivity contribution in [1.29, 1.82) is 0 Å². The van der Waals surface area contributed by atoms with Crippen molar-refractivity contribution < 1.29 is 9.13 Å². The van der Waals surface area contributed by atoms with E-state index in [2.05, 4.69) is 24.4 Å². The van der Waals surface area contributed by atoms with E-state index in [0.29, 0.717) is 0 Å². The zero-order valence-corrected chi connectivity index (χ0v) is 13.0. The molecule has 1 N–H and O–H groups in total. The minimum Gasteiger partial charge on any atom is -0.496 e. The van der Waals surface area contributed by atoms with Crippen LogP contribution in [0.15, 0.2) is 36.1 Å². The number of thiophene rings is 1. The van der Waals surface area contributed by atoms with Crippen molar-refractivity contribution in [3.63, 3.8) is 0 Å². The maximum Gasteiger partial charge on any atom is 0.124 e. The lowest BCUT2D eigenvalue weighted by Crippen LogP contribution is -2.25. The highest BCUT2D eigenvalue weighted by Crippen LogP contribution is 2.35. The molecule has 1 aliphatic heterocycles. The lowest BCUT2D eigenvalue weighted by molar-refractivity contribution is 0.168. The Kier molecular flexibility index (Phi) is 4.56. The lowest BCUT2D eigenvalue weighted by Gasteiger charge is -2.24. The Labute approximate surface area is 128 Å². The number of halogens is 1. The van der Waals surface area contributed by atoms with Crippen LogP contribution in [-0.4, -0.2) is 13.2 Å². The lowest BCUT2D eigenvalue weighted by atomic mass is 10.1. The summed E-state index contributed by atoms with van der Waals surface area (Å²) in [5.74, 6) is 0.837. The molecule has 2 nitrogen and oxygen atoms in total. The van der Waals surface area contributed by atoms with Crippen LogP contribution in [0.25, 0.3) is 10.1 Å². The topological polar surface area (TPSA) is 21.3 Å². The Morgan fingerprint density at radius 2 is 2.29 bits per heavy atom. The first-order valence-corrected chi connectivity index (χ1v) is 8.35. The summed E-state index contributed by atoms with van der Waals surface area (Å²) in [6.45, 7) is 3.88. The second-order valence-electron chi connectivity index (χ2n) is 5.32. The Balaban J connectivity index is 1.94. The van der Waals surface area contributed by atoms with Crippen molar-refractivity contribution >= 4 is 21.4 Å². The van der Waals surface area contributed by atoms with Gasteiger partial charge in [0.1, 0.15) is 11.6 Å². The fourth-order valence-corrected chi connectivity index (χ4v) is 3.75. The number of allylic oxidation sites excluding steroid dienone is 1. The average molecular weight is 305 g/mol. The molecule has 0 spiro atoms. The summed E-state index contributed by atoms with van der Waals surface area (Å²) in [6.07, 6.45) is 5.41. The zero-order chi connectivity index (χ0) is 14.7. The van der Waals surface area contributed by atoms with Crippen LogP contribution >= 0.6 is 11.3 Å². The van der Waals surface area contributed by atoms with E-state index in [1.54, 1.807) is 17.4 Å². The highest BCUT2D eigenvalue weighted by atomic mass is 32.1. The molecule has 0 radical (unpaired) electrons. The number of rotatable bonds is 5. The summed E-state index contributed by atoms with van der Waals surface area (Å²) in [4.78, 5) is 1.19. The highest BCUT2D eigenvalue weighted by Gasteiger charge is 2.21. The SMILES string of the molecule is CCCNC(C1=CCCCO1)c1cc2ccc(F)cc2s1. The van der Waals surface area contributed by atoms with E-state index in [4.69, 9.17) is 4.74 Å². The standard InChI is InChI=1S/C17H20FNOS/c1-2-8-19-17(14-5-3-4-9-20-14)16-10-12-6-7-13(18)11-15(12)21-16/h5-7,10-11,17,19H,2-4,8-9H2,1H3. The van der Waals surface area contributed by atoms with E-state index < -0.39 is 0 Å². The molecule has 1 aromatic carbocycles. The molecule has 1 aliphatic rings. The molecule has 0 amide bonds. The van der Waals surface area contributed by atoms with Crippen molar-refractivity contribution in [2.24, 2.45) is 0 Å². The first-order chi connectivity index (χ1) is 10.3. The van der Waals surface area contributed by atoms with Crippen molar-refractivity contribution in [1.82, 2.24) is 5.32 Å². The van der Waals surface area contributed by atoms with E-state index in [9.17, 15) is 4.39 Å². The fourth-order valence-electron chi connectivity index (χ4n) is 2.58. The smallest absolute Gasteiger partial charge is 0.124 e. The normalized spacial score (nSPS) is 16.6. The maximum absolute atomic E-state index is 13.4. The van der Waals surface area contributed by atoms with Crippen LogP contribution in [0.5, 0.6) is 0 Å². The first kappa shape index (κ1) is 14.5. The molecule has 0 saturated heterocycles. The van der Waals surface area contributed by atoms with Gasteiger partial charge in [0.15, 0.2) is 0 Å². The maximum atomic E-state index is 13.4. The number of benzene rings is 1. The van der Waals surface area contributed by atoms with Crippen LogP contribution in [0.3, 0.4) is 0 Å². The van der Waals surface area contributed by atoms with Gasteiger partial charge in [0, 0.05) is 9.58 Å². The average Bonchev–Trinajstić information content (AvgIpc) is 2.91. The molecule has 0 aliphatic carbocycles. The summed E-state index contributed by atoms with van der Waals surface area (Å²) >= 11 is 1.64.